The lowest BCUT2D eigenvalue weighted by atomic mass is 9.95. The van der Waals surface area contributed by atoms with E-state index in [0.717, 1.165) is 46.5 Å². The zero-order valence-corrected chi connectivity index (χ0v) is 20.0. The van der Waals surface area contributed by atoms with E-state index in [9.17, 15) is 22.8 Å². The Balaban J connectivity index is 1.57. The van der Waals surface area contributed by atoms with Crippen LogP contribution < -0.4 is 5.32 Å². The second-order valence-electron chi connectivity index (χ2n) is 8.26. The Hall–Kier alpha value is -3.73. The van der Waals surface area contributed by atoms with Gasteiger partial charge in [0.2, 0.25) is 0 Å². The van der Waals surface area contributed by atoms with Crippen LogP contribution in [0, 0.1) is 5.82 Å². The predicted octanol–water partition coefficient (Wildman–Crippen LogP) is 5.84. The van der Waals surface area contributed by atoms with Gasteiger partial charge < -0.3 is 10.1 Å². The third-order valence-electron chi connectivity index (χ3n) is 5.99. The summed E-state index contributed by atoms with van der Waals surface area (Å²) in [6.07, 6.45) is 1.71. The SMILES string of the molecule is CCOC(=O)c1c(NC(=O)c2cnn3c(C(F)F)cc(-c4ccc(F)cc4)nc23)sc2c1CCCC2. The van der Waals surface area contributed by atoms with Gasteiger partial charge in [-0.2, -0.15) is 5.10 Å². The van der Waals surface area contributed by atoms with E-state index in [2.05, 4.69) is 15.4 Å². The molecule has 3 aromatic heterocycles. The van der Waals surface area contributed by atoms with Crippen molar-refractivity contribution >= 4 is 33.9 Å². The van der Waals surface area contributed by atoms with Crippen molar-refractivity contribution in [3.8, 4) is 11.3 Å². The fraction of sp³-hybridized carbons (Fsp3) is 0.280. The molecule has 0 saturated heterocycles. The molecular weight excluding hydrogens is 493 g/mol. The highest BCUT2D eigenvalue weighted by molar-refractivity contribution is 7.17. The summed E-state index contributed by atoms with van der Waals surface area (Å²) in [5.41, 5.74) is 1.20. The smallest absolute Gasteiger partial charge is 0.341 e. The van der Waals surface area contributed by atoms with Gasteiger partial charge in [-0.25, -0.2) is 27.5 Å². The molecule has 36 heavy (non-hydrogen) atoms. The normalized spacial score (nSPS) is 13.1. The maximum absolute atomic E-state index is 13.9. The highest BCUT2D eigenvalue weighted by Gasteiger charge is 2.29. The van der Waals surface area contributed by atoms with Gasteiger partial charge in [0.05, 0.1) is 24.1 Å². The van der Waals surface area contributed by atoms with Crippen molar-refractivity contribution in [1.82, 2.24) is 14.6 Å². The number of aryl methyl sites for hydroxylation is 1. The van der Waals surface area contributed by atoms with Crippen molar-refractivity contribution in [2.45, 2.75) is 39.0 Å². The highest BCUT2D eigenvalue weighted by Crippen LogP contribution is 2.39. The van der Waals surface area contributed by atoms with Gasteiger partial charge in [-0.3, -0.25) is 4.79 Å². The first-order chi connectivity index (χ1) is 17.4. The molecule has 0 atom stereocenters. The topological polar surface area (TPSA) is 85.6 Å². The molecule has 1 amide bonds. The number of fused-ring (bicyclic) bond motifs is 2. The van der Waals surface area contributed by atoms with Crippen molar-refractivity contribution in [1.29, 1.82) is 0 Å². The number of nitrogens with one attached hydrogen (secondary N) is 1. The Morgan fingerprint density at radius 1 is 1.19 bits per heavy atom. The first-order valence-electron chi connectivity index (χ1n) is 11.4. The van der Waals surface area contributed by atoms with Crippen LogP contribution in [-0.2, 0) is 17.6 Å². The number of carbonyl (C=O) groups excluding carboxylic acids is 2. The minimum atomic E-state index is -2.90. The number of carbonyl (C=O) groups is 2. The first-order valence-corrected chi connectivity index (χ1v) is 12.2. The molecule has 0 unspecified atom stereocenters. The molecule has 5 rings (SSSR count). The van der Waals surface area contributed by atoms with Crippen LogP contribution in [0.3, 0.4) is 0 Å². The summed E-state index contributed by atoms with van der Waals surface area (Å²) < 4.78 is 47.2. The van der Waals surface area contributed by atoms with Crippen LogP contribution in [0.15, 0.2) is 36.5 Å². The van der Waals surface area contributed by atoms with E-state index in [0.29, 0.717) is 22.5 Å². The number of aromatic nitrogens is 3. The van der Waals surface area contributed by atoms with Crippen LogP contribution >= 0.6 is 11.3 Å². The number of esters is 1. The molecule has 0 saturated carbocycles. The van der Waals surface area contributed by atoms with Crippen LogP contribution in [0.2, 0.25) is 0 Å². The number of amides is 1. The molecule has 11 heteroatoms. The summed E-state index contributed by atoms with van der Waals surface area (Å²) in [4.78, 5) is 31.5. The molecule has 186 valence electrons. The second kappa shape index (κ2) is 9.73. The molecule has 4 aromatic rings. The average molecular weight is 515 g/mol. The number of hydrogen-bond donors (Lipinski definition) is 1. The van der Waals surface area contributed by atoms with Gasteiger partial charge in [0, 0.05) is 10.4 Å². The number of hydrogen-bond acceptors (Lipinski definition) is 6. The van der Waals surface area contributed by atoms with Crippen molar-refractivity contribution < 1.29 is 27.5 Å². The monoisotopic (exact) mass is 514 g/mol. The minimum Gasteiger partial charge on any atom is -0.462 e. The van der Waals surface area contributed by atoms with Crippen molar-refractivity contribution in [2.24, 2.45) is 0 Å². The van der Waals surface area contributed by atoms with Gasteiger partial charge in [0.15, 0.2) is 5.65 Å². The molecule has 0 bridgehead atoms. The maximum Gasteiger partial charge on any atom is 0.341 e. The van der Waals surface area contributed by atoms with E-state index in [4.69, 9.17) is 4.74 Å². The number of ether oxygens (including phenoxy) is 1. The molecule has 1 aromatic carbocycles. The number of nitrogens with zero attached hydrogens (tertiary/aromatic N) is 3. The number of benzene rings is 1. The van der Waals surface area contributed by atoms with Gasteiger partial charge in [-0.05, 0) is 68.5 Å². The Kier molecular flexibility index (Phi) is 6.48. The van der Waals surface area contributed by atoms with E-state index >= 15 is 0 Å². The van der Waals surface area contributed by atoms with E-state index < -0.39 is 29.8 Å². The molecule has 0 spiro atoms. The van der Waals surface area contributed by atoms with Crippen LogP contribution in [0.1, 0.15) is 63.0 Å². The van der Waals surface area contributed by atoms with E-state index in [-0.39, 0.29) is 23.5 Å². The number of rotatable bonds is 6. The summed E-state index contributed by atoms with van der Waals surface area (Å²) in [6, 6.07) is 6.39. The van der Waals surface area contributed by atoms with Gasteiger partial charge in [-0.15, -0.1) is 11.3 Å². The molecule has 0 aliphatic heterocycles. The maximum atomic E-state index is 13.9. The summed E-state index contributed by atoms with van der Waals surface area (Å²) in [5, 5.41) is 7.09. The Morgan fingerprint density at radius 3 is 2.67 bits per heavy atom. The van der Waals surface area contributed by atoms with E-state index in [1.807, 2.05) is 0 Å². The fourth-order valence-electron chi connectivity index (χ4n) is 4.31. The standard InChI is InChI=1S/C25H21F3N4O3S/c1-2-35-25(34)20-15-5-3-4-6-19(15)36-24(20)31-23(33)16-12-29-32-18(21(27)28)11-17(30-22(16)32)13-7-9-14(26)10-8-13/h7-12,21H,2-6H2,1H3,(H,31,33). The number of thiophene rings is 1. The third kappa shape index (κ3) is 4.34. The molecule has 1 aliphatic carbocycles. The summed E-state index contributed by atoms with van der Waals surface area (Å²) in [7, 11) is 0. The Bertz CT molecular complexity index is 1460. The summed E-state index contributed by atoms with van der Waals surface area (Å²) in [6.45, 7) is 1.90. The zero-order valence-electron chi connectivity index (χ0n) is 19.2. The van der Waals surface area contributed by atoms with Crippen molar-refractivity contribution in [2.75, 3.05) is 11.9 Å². The minimum absolute atomic E-state index is 0.0398. The lowest BCUT2D eigenvalue weighted by Gasteiger charge is -2.12. The quantitative estimate of drug-likeness (QED) is 0.327. The lowest BCUT2D eigenvalue weighted by molar-refractivity contribution is 0.0526. The summed E-state index contributed by atoms with van der Waals surface area (Å²) in [5.74, 6) is -1.63. The first kappa shape index (κ1) is 24.0. The van der Waals surface area contributed by atoms with E-state index in [1.54, 1.807) is 6.92 Å². The molecular formula is C25H21F3N4O3S. The number of alkyl halides is 2. The van der Waals surface area contributed by atoms with Crippen LogP contribution in [-0.4, -0.2) is 33.1 Å². The van der Waals surface area contributed by atoms with Gasteiger partial charge >= 0.3 is 5.97 Å². The van der Waals surface area contributed by atoms with Crippen molar-refractivity contribution in [3.05, 3.63) is 69.6 Å². The van der Waals surface area contributed by atoms with Crippen LogP contribution in [0.25, 0.3) is 16.9 Å². The van der Waals surface area contributed by atoms with Crippen molar-refractivity contribution in [3.63, 3.8) is 0 Å². The summed E-state index contributed by atoms with van der Waals surface area (Å²) >= 11 is 1.32. The second-order valence-corrected chi connectivity index (χ2v) is 9.36. The lowest BCUT2D eigenvalue weighted by Crippen LogP contribution is -2.16. The Labute approximate surface area is 207 Å². The average Bonchev–Trinajstić information content (AvgIpc) is 3.45. The number of anilines is 1. The highest BCUT2D eigenvalue weighted by atomic mass is 32.1. The number of halogens is 3. The Morgan fingerprint density at radius 2 is 1.94 bits per heavy atom. The van der Waals surface area contributed by atoms with Crippen LogP contribution in [0.5, 0.6) is 0 Å². The van der Waals surface area contributed by atoms with E-state index in [1.165, 1.54) is 35.6 Å². The molecule has 1 aliphatic rings. The molecule has 0 fully saturated rings. The van der Waals surface area contributed by atoms with Crippen LogP contribution in [0.4, 0.5) is 18.2 Å². The fourth-order valence-corrected chi connectivity index (χ4v) is 5.59. The van der Waals surface area contributed by atoms with Gasteiger partial charge in [0.1, 0.15) is 22.1 Å². The molecule has 0 radical (unpaired) electrons. The van der Waals surface area contributed by atoms with Gasteiger partial charge in [0.25, 0.3) is 12.3 Å². The molecule has 7 nitrogen and oxygen atoms in total. The third-order valence-corrected chi connectivity index (χ3v) is 7.19. The molecule has 3 heterocycles. The largest absolute Gasteiger partial charge is 0.462 e. The van der Waals surface area contributed by atoms with Gasteiger partial charge in [-0.1, -0.05) is 0 Å². The predicted molar refractivity (Wildman–Crippen MR) is 128 cm³/mol. The molecule has 1 N–H and O–H groups in total. The zero-order chi connectivity index (χ0) is 25.4.